The molecule has 90 valence electrons. The quantitative estimate of drug-likeness (QED) is 0.596. The number of aromatic carboxylic acids is 1. The molecule has 0 saturated heterocycles. The third-order valence-corrected chi connectivity index (χ3v) is 1.90. The summed E-state index contributed by atoms with van der Waals surface area (Å²) in [7, 11) is 1.35. The maximum absolute atomic E-state index is 11.0. The van der Waals surface area contributed by atoms with Gasteiger partial charge in [-0.1, -0.05) is 6.07 Å². The van der Waals surface area contributed by atoms with Crippen LogP contribution >= 0.6 is 0 Å². The Hall–Kier alpha value is -2.57. The maximum atomic E-state index is 11.0. The van der Waals surface area contributed by atoms with E-state index in [1.54, 1.807) is 6.07 Å². The highest BCUT2D eigenvalue weighted by Gasteiger charge is 2.15. The predicted molar refractivity (Wildman–Crippen MR) is 59.7 cm³/mol. The first-order chi connectivity index (χ1) is 8.06. The van der Waals surface area contributed by atoms with Crippen molar-refractivity contribution in [1.29, 1.82) is 0 Å². The monoisotopic (exact) mass is 238 g/mol. The second kappa shape index (κ2) is 5.50. The van der Waals surface area contributed by atoms with Crippen LogP contribution in [0.2, 0.25) is 0 Å². The lowest BCUT2D eigenvalue weighted by Gasteiger charge is -2.09. The SMILES string of the molecule is COc1cccc(N/C=C/[N+](=O)[O-])c1C(=O)O. The first-order valence-electron chi connectivity index (χ1n) is 4.53. The van der Waals surface area contributed by atoms with Gasteiger partial charge in [0.15, 0.2) is 0 Å². The van der Waals surface area contributed by atoms with Crippen molar-refractivity contribution in [1.82, 2.24) is 0 Å². The Bertz CT molecular complexity index is 470. The zero-order chi connectivity index (χ0) is 12.8. The second-order valence-electron chi connectivity index (χ2n) is 2.93. The summed E-state index contributed by atoms with van der Waals surface area (Å²) >= 11 is 0. The molecule has 2 N–H and O–H groups in total. The summed E-state index contributed by atoms with van der Waals surface area (Å²) in [5.74, 6) is -1.00. The van der Waals surface area contributed by atoms with Crippen LogP contribution in [0.25, 0.3) is 0 Å². The van der Waals surface area contributed by atoms with Crippen molar-refractivity contribution in [2.24, 2.45) is 0 Å². The molecule has 0 bridgehead atoms. The Morgan fingerprint density at radius 3 is 2.82 bits per heavy atom. The first-order valence-corrected chi connectivity index (χ1v) is 4.53. The molecule has 17 heavy (non-hydrogen) atoms. The summed E-state index contributed by atoms with van der Waals surface area (Å²) in [5.41, 5.74) is 0.137. The molecule has 1 aromatic rings. The second-order valence-corrected chi connectivity index (χ2v) is 2.93. The van der Waals surface area contributed by atoms with E-state index >= 15 is 0 Å². The molecule has 0 aromatic heterocycles. The van der Waals surface area contributed by atoms with Crippen molar-refractivity contribution < 1.29 is 19.6 Å². The van der Waals surface area contributed by atoms with Gasteiger partial charge in [0.2, 0.25) is 6.20 Å². The summed E-state index contributed by atoms with van der Waals surface area (Å²) in [5, 5.41) is 21.6. The maximum Gasteiger partial charge on any atom is 0.341 e. The Morgan fingerprint density at radius 1 is 1.59 bits per heavy atom. The van der Waals surface area contributed by atoms with Gasteiger partial charge in [-0.15, -0.1) is 0 Å². The third kappa shape index (κ3) is 3.20. The van der Waals surface area contributed by atoms with Crippen LogP contribution < -0.4 is 10.1 Å². The number of rotatable bonds is 5. The van der Waals surface area contributed by atoms with E-state index in [9.17, 15) is 14.9 Å². The van der Waals surface area contributed by atoms with E-state index in [1.165, 1.54) is 19.2 Å². The summed E-state index contributed by atoms with van der Waals surface area (Å²) in [4.78, 5) is 20.4. The number of carbonyl (C=O) groups is 1. The molecule has 0 atom stereocenters. The minimum absolute atomic E-state index is 0.0806. The fourth-order valence-corrected chi connectivity index (χ4v) is 1.23. The Labute approximate surface area is 96.5 Å². The highest BCUT2D eigenvalue weighted by molar-refractivity contribution is 5.97. The van der Waals surface area contributed by atoms with Crippen LogP contribution in [0.3, 0.4) is 0 Å². The normalized spacial score (nSPS) is 10.2. The molecule has 1 aromatic carbocycles. The number of carboxylic acid groups (broad SMARTS) is 1. The van der Waals surface area contributed by atoms with E-state index in [1.807, 2.05) is 0 Å². The minimum Gasteiger partial charge on any atom is -0.496 e. The zero-order valence-electron chi connectivity index (χ0n) is 8.91. The van der Waals surface area contributed by atoms with Gasteiger partial charge in [0.1, 0.15) is 11.3 Å². The molecule has 0 fully saturated rings. The van der Waals surface area contributed by atoms with Gasteiger partial charge in [-0.05, 0) is 12.1 Å². The molecule has 1 rings (SSSR count). The van der Waals surface area contributed by atoms with Gasteiger partial charge in [0, 0.05) is 0 Å². The number of benzene rings is 1. The summed E-state index contributed by atoms with van der Waals surface area (Å²) in [6.45, 7) is 0. The van der Waals surface area contributed by atoms with E-state index in [0.29, 0.717) is 6.20 Å². The van der Waals surface area contributed by atoms with E-state index < -0.39 is 10.9 Å². The number of ether oxygens (including phenoxy) is 1. The fourth-order valence-electron chi connectivity index (χ4n) is 1.23. The van der Waals surface area contributed by atoms with Crippen molar-refractivity contribution in [3.63, 3.8) is 0 Å². The van der Waals surface area contributed by atoms with Gasteiger partial charge in [-0.2, -0.15) is 0 Å². The fraction of sp³-hybridized carbons (Fsp3) is 0.100. The number of methoxy groups -OCH3 is 1. The van der Waals surface area contributed by atoms with Crippen LogP contribution in [0.5, 0.6) is 5.75 Å². The molecule has 0 amide bonds. The Balaban J connectivity index is 3.06. The molecule has 7 heteroatoms. The smallest absolute Gasteiger partial charge is 0.341 e. The number of nitrogens with one attached hydrogen (secondary N) is 1. The molecule has 0 aliphatic carbocycles. The topological polar surface area (TPSA) is 102 Å². The van der Waals surface area contributed by atoms with E-state index in [-0.39, 0.29) is 17.0 Å². The number of nitro groups is 1. The average molecular weight is 238 g/mol. The molecule has 0 unspecified atom stereocenters. The van der Waals surface area contributed by atoms with Gasteiger partial charge in [-0.25, -0.2) is 4.79 Å². The van der Waals surface area contributed by atoms with Gasteiger partial charge >= 0.3 is 5.97 Å². The van der Waals surface area contributed by atoms with Crippen LogP contribution in [0.1, 0.15) is 10.4 Å². The number of hydrogen-bond acceptors (Lipinski definition) is 5. The molecule has 0 aliphatic rings. The molecule has 0 radical (unpaired) electrons. The van der Waals surface area contributed by atoms with Crippen LogP contribution in [-0.2, 0) is 0 Å². The van der Waals surface area contributed by atoms with E-state index in [4.69, 9.17) is 9.84 Å². The van der Waals surface area contributed by atoms with Crippen molar-refractivity contribution >= 4 is 11.7 Å². The third-order valence-electron chi connectivity index (χ3n) is 1.90. The number of hydrogen-bond donors (Lipinski definition) is 2. The van der Waals surface area contributed by atoms with Crippen LogP contribution in [0, 0.1) is 10.1 Å². The van der Waals surface area contributed by atoms with Crippen molar-refractivity contribution in [2.75, 3.05) is 12.4 Å². The Morgan fingerprint density at radius 2 is 2.29 bits per heavy atom. The van der Waals surface area contributed by atoms with Gasteiger partial charge < -0.3 is 15.2 Å². The molecule has 0 spiro atoms. The van der Waals surface area contributed by atoms with Crippen molar-refractivity contribution in [3.05, 3.63) is 46.3 Å². The standard InChI is InChI=1S/C10H10N2O5/c1-17-8-4-2-3-7(9(8)10(13)14)11-5-6-12(15)16/h2-6,11H,1H3,(H,13,14)/b6-5+. The lowest BCUT2D eigenvalue weighted by molar-refractivity contribution is -0.402. The predicted octanol–water partition coefficient (Wildman–Crippen LogP) is 1.55. The zero-order valence-corrected chi connectivity index (χ0v) is 8.91. The molecule has 0 aliphatic heterocycles. The van der Waals surface area contributed by atoms with Crippen molar-refractivity contribution in [2.45, 2.75) is 0 Å². The molecule has 7 nitrogen and oxygen atoms in total. The number of carboxylic acids is 1. The summed E-state index contributed by atoms with van der Waals surface area (Å²) in [6, 6.07) is 4.55. The molecular formula is C10H10N2O5. The molecular weight excluding hydrogens is 228 g/mol. The van der Waals surface area contributed by atoms with Crippen LogP contribution in [-0.4, -0.2) is 23.1 Å². The minimum atomic E-state index is -1.18. The number of anilines is 1. The summed E-state index contributed by atoms with van der Waals surface area (Å²) < 4.78 is 4.90. The van der Waals surface area contributed by atoms with Crippen molar-refractivity contribution in [3.8, 4) is 5.75 Å². The lowest BCUT2D eigenvalue weighted by Crippen LogP contribution is -2.05. The Kier molecular flexibility index (Phi) is 4.04. The average Bonchev–Trinajstić information content (AvgIpc) is 2.27. The highest BCUT2D eigenvalue weighted by atomic mass is 16.6. The van der Waals surface area contributed by atoms with Gasteiger partial charge in [-0.3, -0.25) is 10.1 Å². The van der Waals surface area contributed by atoms with Crippen LogP contribution in [0.15, 0.2) is 30.6 Å². The van der Waals surface area contributed by atoms with Crippen LogP contribution in [0.4, 0.5) is 5.69 Å². The molecule has 0 saturated carbocycles. The first kappa shape index (κ1) is 12.5. The van der Waals surface area contributed by atoms with Gasteiger partial charge in [0.25, 0.3) is 0 Å². The van der Waals surface area contributed by atoms with E-state index in [0.717, 1.165) is 6.20 Å². The van der Waals surface area contributed by atoms with Gasteiger partial charge in [0.05, 0.1) is 23.9 Å². The largest absolute Gasteiger partial charge is 0.496 e. The lowest BCUT2D eigenvalue weighted by atomic mass is 10.1. The molecule has 0 heterocycles. The number of nitrogens with zero attached hydrogens (tertiary/aromatic N) is 1. The summed E-state index contributed by atoms with van der Waals surface area (Å²) in [6.07, 6.45) is 1.71. The highest BCUT2D eigenvalue weighted by Crippen LogP contribution is 2.26. The van der Waals surface area contributed by atoms with E-state index in [2.05, 4.69) is 5.32 Å².